The minimum Gasteiger partial charge on any atom is -0.484 e. The number of hydrogen-bond acceptors (Lipinski definition) is 8. The van der Waals surface area contributed by atoms with Crippen molar-refractivity contribution in [3.8, 4) is 16.9 Å². The molecule has 0 spiro atoms. The molecule has 2 aromatic carbocycles. The number of halogens is 3. The second kappa shape index (κ2) is 11.7. The first kappa shape index (κ1) is 26.6. The monoisotopic (exact) mass is 564 g/mol. The third kappa shape index (κ3) is 6.27. The molecule has 0 aliphatic rings. The second-order valence-corrected chi connectivity index (χ2v) is 9.74. The lowest BCUT2D eigenvalue weighted by Gasteiger charge is -2.09. The van der Waals surface area contributed by atoms with Crippen LogP contribution in [0.5, 0.6) is 5.75 Å². The van der Waals surface area contributed by atoms with E-state index in [1.807, 2.05) is 0 Å². The molecular formula is C24H19ClF2N4O4S2. The summed E-state index contributed by atoms with van der Waals surface area (Å²) in [6, 6.07) is 9.47. The van der Waals surface area contributed by atoms with Crippen molar-refractivity contribution in [1.29, 1.82) is 0 Å². The largest absolute Gasteiger partial charge is 0.484 e. The van der Waals surface area contributed by atoms with E-state index in [1.165, 1.54) is 31.4 Å². The maximum Gasteiger partial charge on any atom is 0.341 e. The molecule has 1 amide bonds. The lowest BCUT2D eigenvalue weighted by atomic mass is 10.0. The minimum absolute atomic E-state index is 0.0129. The summed E-state index contributed by atoms with van der Waals surface area (Å²) >= 11 is 8.28. The minimum atomic E-state index is -0.622. The molecule has 4 aromatic rings. The number of nitrogens with zero attached hydrogens (tertiary/aromatic N) is 3. The Hall–Kier alpha value is -3.48. The number of amides is 1. The number of thiophene rings is 1. The quantitative estimate of drug-likeness (QED) is 0.210. The highest BCUT2D eigenvalue weighted by Crippen LogP contribution is 2.36. The van der Waals surface area contributed by atoms with Crippen molar-refractivity contribution in [3.63, 3.8) is 0 Å². The predicted octanol–water partition coefficient (Wildman–Crippen LogP) is 5.57. The van der Waals surface area contributed by atoms with Gasteiger partial charge < -0.3 is 19.4 Å². The van der Waals surface area contributed by atoms with E-state index < -0.39 is 17.6 Å². The van der Waals surface area contributed by atoms with E-state index in [1.54, 1.807) is 29.1 Å². The average Bonchev–Trinajstić information content (AvgIpc) is 3.45. The number of esters is 1. The molecule has 2 heterocycles. The van der Waals surface area contributed by atoms with Crippen molar-refractivity contribution in [1.82, 2.24) is 14.8 Å². The summed E-state index contributed by atoms with van der Waals surface area (Å²) in [5.74, 6) is -1.11. The van der Waals surface area contributed by atoms with Crippen LogP contribution >= 0.6 is 34.7 Å². The van der Waals surface area contributed by atoms with Gasteiger partial charge in [-0.15, -0.1) is 21.5 Å². The van der Waals surface area contributed by atoms with E-state index in [9.17, 15) is 18.4 Å². The number of carbonyl (C=O) groups excluding carboxylic acids is 2. The van der Waals surface area contributed by atoms with E-state index in [0.717, 1.165) is 29.2 Å². The van der Waals surface area contributed by atoms with Gasteiger partial charge in [-0.05, 0) is 35.9 Å². The van der Waals surface area contributed by atoms with Crippen LogP contribution in [0.4, 0.5) is 13.8 Å². The normalized spacial score (nSPS) is 10.8. The maximum absolute atomic E-state index is 13.3. The average molecular weight is 565 g/mol. The smallest absolute Gasteiger partial charge is 0.341 e. The fraction of sp³-hybridized carbons (Fsp3) is 0.167. The Labute approximate surface area is 223 Å². The molecule has 0 saturated heterocycles. The molecule has 0 aliphatic carbocycles. The van der Waals surface area contributed by atoms with Crippen LogP contribution in [-0.2, 0) is 23.2 Å². The topological polar surface area (TPSA) is 95.3 Å². The van der Waals surface area contributed by atoms with Crippen molar-refractivity contribution in [2.45, 2.75) is 11.8 Å². The van der Waals surface area contributed by atoms with Gasteiger partial charge in [-0.3, -0.25) is 4.79 Å². The van der Waals surface area contributed by atoms with Gasteiger partial charge >= 0.3 is 5.97 Å². The zero-order valence-corrected chi connectivity index (χ0v) is 21.8. The molecule has 37 heavy (non-hydrogen) atoms. The Morgan fingerprint density at radius 1 is 1.14 bits per heavy atom. The first-order valence-corrected chi connectivity index (χ1v) is 12.9. The van der Waals surface area contributed by atoms with Gasteiger partial charge in [0.1, 0.15) is 34.6 Å². The van der Waals surface area contributed by atoms with Crippen LogP contribution in [-0.4, -0.2) is 39.5 Å². The summed E-state index contributed by atoms with van der Waals surface area (Å²) in [6.45, 7) is 0.0332. The number of benzene rings is 2. The zero-order valence-electron chi connectivity index (χ0n) is 19.5. The summed E-state index contributed by atoms with van der Waals surface area (Å²) in [7, 11) is 2.96. The predicted molar refractivity (Wildman–Crippen MR) is 137 cm³/mol. The molecule has 4 rings (SSSR count). The van der Waals surface area contributed by atoms with Gasteiger partial charge in [0, 0.05) is 18.0 Å². The lowest BCUT2D eigenvalue weighted by molar-refractivity contribution is -0.113. The molecule has 0 fully saturated rings. The van der Waals surface area contributed by atoms with E-state index in [0.29, 0.717) is 32.9 Å². The van der Waals surface area contributed by atoms with Gasteiger partial charge in [0.25, 0.3) is 0 Å². The van der Waals surface area contributed by atoms with E-state index >= 15 is 0 Å². The Morgan fingerprint density at radius 3 is 2.57 bits per heavy atom. The number of ether oxygens (including phenoxy) is 2. The molecule has 0 radical (unpaired) electrons. The first-order chi connectivity index (χ1) is 17.8. The number of rotatable bonds is 9. The number of thioether (sulfide) groups is 1. The number of aromatic nitrogens is 3. The third-order valence-electron chi connectivity index (χ3n) is 5.10. The molecule has 0 aliphatic heterocycles. The molecule has 0 atom stereocenters. The van der Waals surface area contributed by atoms with Gasteiger partial charge in [0.2, 0.25) is 5.91 Å². The van der Waals surface area contributed by atoms with E-state index in [-0.39, 0.29) is 28.9 Å². The van der Waals surface area contributed by atoms with Gasteiger partial charge in [-0.2, -0.15) is 0 Å². The number of nitrogens with one attached hydrogen (secondary N) is 1. The van der Waals surface area contributed by atoms with Crippen LogP contribution in [0, 0.1) is 11.6 Å². The van der Waals surface area contributed by atoms with Gasteiger partial charge in [0.15, 0.2) is 11.0 Å². The SMILES string of the molecule is COC(=O)c1c(-c2ccc(F)cc2)csc1NC(=O)CSc1nnc(COc2ccc(F)cc2Cl)n1C. The molecule has 8 nitrogen and oxygen atoms in total. The summed E-state index contributed by atoms with van der Waals surface area (Å²) in [6.07, 6.45) is 0. The number of carbonyl (C=O) groups is 2. The van der Waals surface area contributed by atoms with Gasteiger partial charge in [-0.1, -0.05) is 35.5 Å². The Morgan fingerprint density at radius 2 is 1.86 bits per heavy atom. The molecule has 0 unspecified atom stereocenters. The molecule has 1 N–H and O–H groups in total. The van der Waals surface area contributed by atoms with Crippen molar-refractivity contribution in [2.75, 3.05) is 18.2 Å². The molecular weight excluding hydrogens is 546 g/mol. The number of hydrogen-bond donors (Lipinski definition) is 1. The van der Waals surface area contributed by atoms with Crippen molar-refractivity contribution < 1.29 is 27.8 Å². The van der Waals surface area contributed by atoms with Crippen molar-refractivity contribution in [2.24, 2.45) is 7.05 Å². The highest BCUT2D eigenvalue weighted by molar-refractivity contribution is 7.99. The van der Waals surface area contributed by atoms with Crippen LogP contribution in [0.25, 0.3) is 11.1 Å². The summed E-state index contributed by atoms with van der Waals surface area (Å²) < 4.78 is 38.7. The third-order valence-corrected chi connectivity index (χ3v) is 7.31. The highest BCUT2D eigenvalue weighted by atomic mass is 35.5. The summed E-state index contributed by atoms with van der Waals surface area (Å²) in [5, 5.41) is 13.5. The number of methoxy groups -OCH3 is 1. The lowest BCUT2D eigenvalue weighted by Crippen LogP contribution is -2.16. The number of anilines is 1. The van der Waals surface area contributed by atoms with E-state index in [4.69, 9.17) is 21.1 Å². The Kier molecular flexibility index (Phi) is 8.41. The standard InChI is InChI=1S/C24H19ClF2N4O4S2/c1-31-19(10-35-18-8-7-15(27)9-17(18)25)29-30-24(31)37-12-20(32)28-22-21(23(33)34-2)16(11-36-22)13-3-5-14(26)6-4-13/h3-9,11H,10,12H2,1-2H3,(H,28,32). The first-order valence-electron chi connectivity index (χ1n) is 10.6. The molecule has 2 aromatic heterocycles. The second-order valence-electron chi connectivity index (χ2n) is 7.51. The van der Waals surface area contributed by atoms with Gasteiger partial charge in [0.05, 0.1) is 17.9 Å². The molecule has 0 saturated carbocycles. The van der Waals surface area contributed by atoms with Crippen LogP contribution in [0.15, 0.2) is 53.0 Å². The summed E-state index contributed by atoms with van der Waals surface area (Å²) in [5.41, 5.74) is 1.33. The fourth-order valence-corrected chi connectivity index (χ4v) is 5.15. The molecule has 0 bridgehead atoms. The van der Waals surface area contributed by atoms with Crippen molar-refractivity contribution in [3.05, 3.63) is 75.9 Å². The van der Waals surface area contributed by atoms with Crippen LogP contribution in [0.3, 0.4) is 0 Å². The molecule has 192 valence electrons. The maximum atomic E-state index is 13.3. The van der Waals surface area contributed by atoms with Crippen LogP contribution in [0.1, 0.15) is 16.2 Å². The molecule has 13 heteroatoms. The van der Waals surface area contributed by atoms with Gasteiger partial charge in [-0.25, -0.2) is 13.6 Å². The van der Waals surface area contributed by atoms with E-state index in [2.05, 4.69) is 15.5 Å². The fourth-order valence-electron chi connectivity index (χ4n) is 3.22. The summed E-state index contributed by atoms with van der Waals surface area (Å²) in [4.78, 5) is 25.1. The van der Waals surface area contributed by atoms with Crippen LogP contribution < -0.4 is 10.1 Å². The van der Waals surface area contributed by atoms with Crippen LogP contribution in [0.2, 0.25) is 5.02 Å². The Balaban J connectivity index is 1.40. The zero-order chi connectivity index (χ0) is 26.5. The van der Waals surface area contributed by atoms with Crippen molar-refractivity contribution >= 4 is 51.6 Å². The highest BCUT2D eigenvalue weighted by Gasteiger charge is 2.23. The Bertz CT molecular complexity index is 1440.